The Balaban J connectivity index is 1.80. The van der Waals surface area contributed by atoms with Gasteiger partial charge >= 0.3 is 0 Å². The minimum absolute atomic E-state index is 0.0168. The number of aliphatic hydroxyl groups excluding tert-OH is 1. The molecule has 3 atom stereocenters. The maximum Gasteiger partial charge on any atom is 0.0568 e. The molecular weight excluding hydrogens is 184 g/mol. The van der Waals surface area contributed by atoms with Crippen molar-refractivity contribution >= 4 is 0 Å². The number of aliphatic hydroxyl groups is 1. The van der Waals surface area contributed by atoms with E-state index in [1.54, 1.807) is 0 Å². The van der Waals surface area contributed by atoms with Crippen molar-refractivity contribution < 1.29 is 5.11 Å². The van der Waals surface area contributed by atoms with Gasteiger partial charge in [0.1, 0.15) is 0 Å². The van der Waals surface area contributed by atoms with Crippen LogP contribution < -0.4 is 0 Å². The molecule has 1 N–H and O–H groups in total. The van der Waals surface area contributed by atoms with Crippen LogP contribution in [0, 0.1) is 17.8 Å². The summed E-state index contributed by atoms with van der Waals surface area (Å²) in [5.74, 6) is 2.41. The van der Waals surface area contributed by atoms with Crippen molar-refractivity contribution in [2.24, 2.45) is 17.8 Å². The smallest absolute Gasteiger partial charge is 0.0568 e. The molecule has 0 aromatic heterocycles. The van der Waals surface area contributed by atoms with Gasteiger partial charge in [0.2, 0.25) is 0 Å². The molecule has 2 aliphatic rings. The lowest BCUT2D eigenvalue weighted by molar-refractivity contribution is 0.0353. The molecule has 0 amide bonds. The minimum Gasteiger partial charge on any atom is -0.393 e. The molecule has 2 aliphatic carbocycles. The quantitative estimate of drug-likeness (QED) is 0.736. The molecule has 15 heavy (non-hydrogen) atoms. The van der Waals surface area contributed by atoms with Crippen molar-refractivity contribution in [3.05, 3.63) is 0 Å². The maximum absolute atomic E-state index is 10.0. The lowest BCUT2D eigenvalue weighted by atomic mass is 9.73. The fourth-order valence-electron chi connectivity index (χ4n) is 3.59. The second-order valence-electron chi connectivity index (χ2n) is 5.99. The van der Waals surface area contributed by atoms with Crippen molar-refractivity contribution in [3.8, 4) is 0 Å². The molecule has 0 saturated heterocycles. The molecule has 0 aromatic carbocycles. The molecule has 2 fully saturated rings. The first kappa shape index (κ1) is 11.4. The fraction of sp³-hybridized carbons (Fsp3) is 1.00. The van der Waals surface area contributed by atoms with E-state index in [4.69, 9.17) is 0 Å². The van der Waals surface area contributed by atoms with Crippen molar-refractivity contribution in [3.63, 3.8) is 0 Å². The van der Waals surface area contributed by atoms with Crippen LogP contribution in [0.1, 0.15) is 64.7 Å². The molecule has 0 aromatic rings. The van der Waals surface area contributed by atoms with E-state index in [1.807, 2.05) is 0 Å². The lowest BCUT2D eigenvalue weighted by Crippen LogP contribution is -2.30. The Labute approximate surface area is 94.3 Å². The van der Waals surface area contributed by atoms with Crippen LogP contribution in [0.15, 0.2) is 0 Å². The van der Waals surface area contributed by atoms with Gasteiger partial charge in [-0.25, -0.2) is 0 Å². The third kappa shape index (κ3) is 3.21. The van der Waals surface area contributed by atoms with Crippen molar-refractivity contribution in [2.45, 2.75) is 70.8 Å². The predicted octanol–water partition coefficient (Wildman–Crippen LogP) is 3.75. The van der Waals surface area contributed by atoms with E-state index in [0.717, 1.165) is 18.3 Å². The summed E-state index contributed by atoms with van der Waals surface area (Å²) >= 11 is 0. The van der Waals surface area contributed by atoms with Gasteiger partial charge in [-0.1, -0.05) is 39.0 Å². The molecule has 1 heteroatoms. The largest absolute Gasteiger partial charge is 0.393 e. The van der Waals surface area contributed by atoms with E-state index in [9.17, 15) is 5.11 Å². The topological polar surface area (TPSA) is 20.2 Å². The zero-order valence-electron chi connectivity index (χ0n) is 10.1. The Kier molecular flexibility index (Phi) is 4.07. The number of hydrogen-bond donors (Lipinski definition) is 1. The number of rotatable bonds is 2. The number of hydrogen-bond acceptors (Lipinski definition) is 1. The Morgan fingerprint density at radius 1 is 1.00 bits per heavy atom. The molecule has 1 nitrogen and oxygen atoms in total. The van der Waals surface area contributed by atoms with Crippen LogP contribution in [0.25, 0.3) is 0 Å². The van der Waals surface area contributed by atoms with Crippen LogP contribution >= 0.6 is 0 Å². The molecule has 0 radical (unpaired) electrons. The maximum atomic E-state index is 10.0. The van der Waals surface area contributed by atoms with E-state index >= 15 is 0 Å². The fourth-order valence-corrected chi connectivity index (χ4v) is 3.59. The van der Waals surface area contributed by atoms with Gasteiger partial charge in [-0.05, 0) is 43.4 Å². The van der Waals surface area contributed by atoms with Crippen LogP contribution in [-0.4, -0.2) is 11.2 Å². The average molecular weight is 210 g/mol. The van der Waals surface area contributed by atoms with Gasteiger partial charge in [0, 0.05) is 0 Å². The Bertz CT molecular complexity index is 184. The molecule has 3 unspecified atom stereocenters. The summed E-state index contributed by atoms with van der Waals surface area (Å²) in [4.78, 5) is 0. The van der Waals surface area contributed by atoms with Gasteiger partial charge in [-0.2, -0.15) is 0 Å². The minimum atomic E-state index is 0.0168. The summed E-state index contributed by atoms with van der Waals surface area (Å²) in [6, 6.07) is 0. The molecule has 0 heterocycles. The van der Waals surface area contributed by atoms with Gasteiger partial charge in [-0.15, -0.1) is 0 Å². The Hall–Kier alpha value is -0.0400. The summed E-state index contributed by atoms with van der Waals surface area (Å²) < 4.78 is 0. The van der Waals surface area contributed by atoms with Gasteiger partial charge in [-0.3, -0.25) is 0 Å². The highest BCUT2D eigenvalue weighted by atomic mass is 16.3. The second-order valence-corrected chi connectivity index (χ2v) is 5.99. The summed E-state index contributed by atoms with van der Waals surface area (Å²) in [6.45, 7) is 2.35. The average Bonchev–Trinajstić information content (AvgIpc) is 2.25. The van der Waals surface area contributed by atoms with E-state index in [-0.39, 0.29) is 6.10 Å². The highest BCUT2D eigenvalue weighted by Crippen LogP contribution is 2.37. The van der Waals surface area contributed by atoms with Gasteiger partial charge in [0.15, 0.2) is 0 Å². The van der Waals surface area contributed by atoms with E-state index in [2.05, 4.69) is 6.92 Å². The summed E-state index contributed by atoms with van der Waals surface area (Å²) in [5.41, 5.74) is 0. The summed E-state index contributed by atoms with van der Waals surface area (Å²) in [5, 5.41) is 10.0. The van der Waals surface area contributed by atoms with Crippen LogP contribution in [0.4, 0.5) is 0 Å². The molecule has 88 valence electrons. The van der Waals surface area contributed by atoms with Gasteiger partial charge < -0.3 is 5.11 Å². The first-order chi connectivity index (χ1) is 7.25. The highest BCUT2D eigenvalue weighted by Gasteiger charge is 2.29. The zero-order valence-corrected chi connectivity index (χ0v) is 10.1. The third-order valence-corrected chi connectivity index (χ3v) is 4.57. The summed E-state index contributed by atoms with van der Waals surface area (Å²) in [7, 11) is 0. The normalized spacial score (nSPS) is 39.2. The Morgan fingerprint density at radius 2 is 1.73 bits per heavy atom. The molecule has 2 saturated carbocycles. The molecule has 2 rings (SSSR count). The lowest BCUT2D eigenvalue weighted by Gasteiger charge is -2.35. The first-order valence-electron chi connectivity index (χ1n) is 6.93. The molecule has 0 spiro atoms. The van der Waals surface area contributed by atoms with E-state index < -0.39 is 0 Å². The van der Waals surface area contributed by atoms with Crippen LogP contribution in [0.3, 0.4) is 0 Å². The van der Waals surface area contributed by atoms with Crippen molar-refractivity contribution in [2.75, 3.05) is 0 Å². The first-order valence-corrected chi connectivity index (χ1v) is 6.93. The van der Waals surface area contributed by atoms with Crippen molar-refractivity contribution in [1.82, 2.24) is 0 Å². The Morgan fingerprint density at radius 3 is 2.47 bits per heavy atom. The van der Waals surface area contributed by atoms with Crippen LogP contribution in [0.2, 0.25) is 0 Å². The standard InChI is InChI=1S/C14H26O/c1-11-7-8-14(15)13(9-11)10-12-5-3-2-4-6-12/h11-15H,2-10H2,1H3. The molecule has 0 bridgehead atoms. The highest BCUT2D eigenvalue weighted by molar-refractivity contribution is 4.81. The van der Waals surface area contributed by atoms with Crippen LogP contribution in [-0.2, 0) is 0 Å². The van der Waals surface area contributed by atoms with E-state index in [1.165, 1.54) is 51.4 Å². The van der Waals surface area contributed by atoms with Gasteiger partial charge in [0.05, 0.1) is 6.10 Å². The summed E-state index contributed by atoms with van der Waals surface area (Å²) in [6.07, 6.45) is 12.1. The molecular formula is C14H26O. The molecule has 0 aliphatic heterocycles. The zero-order chi connectivity index (χ0) is 10.7. The second kappa shape index (κ2) is 5.34. The van der Waals surface area contributed by atoms with E-state index in [0.29, 0.717) is 5.92 Å². The van der Waals surface area contributed by atoms with Gasteiger partial charge in [0.25, 0.3) is 0 Å². The van der Waals surface area contributed by atoms with Crippen LogP contribution in [0.5, 0.6) is 0 Å². The SMILES string of the molecule is CC1CCC(O)C(CC2CCCCC2)C1. The van der Waals surface area contributed by atoms with Crippen molar-refractivity contribution in [1.29, 1.82) is 0 Å². The third-order valence-electron chi connectivity index (χ3n) is 4.57. The monoisotopic (exact) mass is 210 g/mol. The predicted molar refractivity (Wildman–Crippen MR) is 63.7 cm³/mol.